The standard InChI is InChI=1S/C54H95NO5/c1-4-7-10-13-16-19-22-24-25-26-27-28-29-30-32-35-38-41-44-47-54(59)60-50(45-42-39-36-33-21-18-15-12-9-6-3)48-53(58)55-51(49-56)52(57)46-43-40-37-34-31-23-20-17-14-11-8-5-2/h7,10,16,19,24-25,27-28,30,32,38,41,50-52,56-57H,4-6,8-9,11-15,17-18,20-23,26,29,31,33-37,39-40,42-49H2,1-3H3,(H,55,58)/b10-7-,19-16-,25-24-,28-27-,32-30-,41-38-. The molecular formula is C54H95NO5. The van der Waals surface area contributed by atoms with Crippen LogP contribution in [-0.4, -0.2) is 46.9 Å². The van der Waals surface area contributed by atoms with Gasteiger partial charge in [0.1, 0.15) is 6.10 Å². The molecule has 0 bridgehead atoms. The fourth-order valence-corrected chi connectivity index (χ4v) is 7.28. The molecule has 0 rings (SSSR count). The zero-order chi connectivity index (χ0) is 43.8. The van der Waals surface area contributed by atoms with Gasteiger partial charge in [-0.05, 0) is 64.2 Å². The van der Waals surface area contributed by atoms with Crippen molar-refractivity contribution in [2.75, 3.05) is 6.61 Å². The lowest BCUT2D eigenvalue weighted by Crippen LogP contribution is -2.46. The Balaban J connectivity index is 4.63. The van der Waals surface area contributed by atoms with Gasteiger partial charge < -0.3 is 20.3 Å². The number of nitrogens with one attached hydrogen (secondary N) is 1. The normalized spacial score (nSPS) is 13.9. The first-order valence-corrected chi connectivity index (χ1v) is 25.2. The molecule has 6 nitrogen and oxygen atoms in total. The number of aliphatic hydroxyl groups is 2. The highest BCUT2D eigenvalue weighted by Gasteiger charge is 2.24. The summed E-state index contributed by atoms with van der Waals surface area (Å²) in [6.07, 6.45) is 59.7. The highest BCUT2D eigenvalue weighted by molar-refractivity contribution is 5.77. The second-order valence-corrected chi connectivity index (χ2v) is 16.8. The molecule has 0 aliphatic heterocycles. The first-order chi connectivity index (χ1) is 29.5. The van der Waals surface area contributed by atoms with E-state index in [0.717, 1.165) is 77.0 Å². The largest absolute Gasteiger partial charge is 0.462 e. The minimum absolute atomic E-state index is 0.0465. The van der Waals surface area contributed by atoms with Crippen molar-refractivity contribution in [1.82, 2.24) is 5.32 Å². The lowest BCUT2D eigenvalue weighted by molar-refractivity contribution is -0.150. The minimum Gasteiger partial charge on any atom is -0.462 e. The van der Waals surface area contributed by atoms with E-state index in [9.17, 15) is 19.8 Å². The van der Waals surface area contributed by atoms with Gasteiger partial charge in [-0.3, -0.25) is 9.59 Å². The molecule has 0 aromatic carbocycles. The summed E-state index contributed by atoms with van der Waals surface area (Å²) in [5.41, 5.74) is 0. The van der Waals surface area contributed by atoms with Gasteiger partial charge in [-0.2, -0.15) is 0 Å². The Bertz CT molecular complexity index is 1120. The summed E-state index contributed by atoms with van der Waals surface area (Å²) in [6.45, 7) is 6.34. The third-order valence-corrected chi connectivity index (χ3v) is 11.1. The molecule has 3 unspecified atom stereocenters. The van der Waals surface area contributed by atoms with E-state index in [1.807, 2.05) is 6.08 Å². The summed E-state index contributed by atoms with van der Waals surface area (Å²) in [7, 11) is 0. The van der Waals surface area contributed by atoms with Gasteiger partial charge >= 0.3 is 5.97 Å². The Morgan fingerprint density at radius 3 is 1.27 bits per heavy atom. The molecule has 3 atom stereocenters. The predicted molar refractivity (Wildman–Crippen MR) is 259 cm³/mol. The van der Waals surface area contributed by atoms with Crippen LogP contribution < -0.4 is 5.32 Å². The summed E-state index contributed by atoms with van der Waals surface area (Å²) in [5, 5.41) is 23.7. The SMILES string of the molecule is CC/C=C\C/C=C\C/C=C\C/C=C\C/C=C\C/C=C\CCC(=O)OC(CCCCCCCCCCCC)CC(=O)NC(CO)C(O)CCCCCCCCCCCCCC. The van der Waals surface area contributed by atoms with Crippen molar-refractivity contribution < 1.29 is 24.5 Å². The van der Waals surface area contributed by atoms with Crippen LogP contribution in [0.25, 0.3) is 0 Å². The van der Waals surface area contributed by atoms with Crippen molar-refractivity contribution in [1.29, 1.82) is 0 Å². The number of hydrogen-bond acceptors (Lipinski definition) is 5. The van der Waals surface area contributed by atoms with Gasteiger partial charge in [-0.25, -0.2) is 0 Å². The molecule has 3 N–H and O–H groups in total. The third-order valence-electron chi connectivity index (χ3n) is 11.1. The number of ether oxygens (including phenoxy) is 1. The van der Waals surface area contributed by atoms with Crippen LogP contribution in [0.4, 0.5) is 0 Å². The Hall–Kier alpha value is -2.70. The Morgan fingerprint density at radius 1 is 0.500 bits per heavy atom. The molecule has 60 heavy (non-hydrogen) atoms. The second kappa shape index (κ2) is 47.4. The predicted octanol–water partition coefficient (Wildman–Crippen LogP) is 15.0. The summed E-state index contributed by atoms with van der Waals surface area (Å²) in [5.74, 6) is -0.574. The van der Waals surface area contributed by atoms with Crippen LogP contribution in [0.5, 0.6) is 0 Å². The van der Waals surface area contributed by atoms with E-state index in [1.165, 1.54) is 103 Å². The zero-order valence-electron chi connectivity index (χ0n) is 39.3. The Morgan fingerprint density at radius 2 is 0.867 bits per heavy atom. The van der Waals surface area contributed by atoms with E-state index < -0.39 is 18.2 Å². The number of carbonyl (C=O) groups excluding carboxylic acids is 2. The average Bonchev–Trinajstić information content (AvgIpc) is 3.24. The van der Waals surface area contributed by atoms with Crippen LogP contribution in [0, 0.1) is 0 Å². The molecule has 346 valence electrons. The maximum atomic E-state index is 13.2. The van der Waals surface area contributed by atoms with E-state index in [2.05, 4.69) is 92.9 Å². The number of rotatable bonds is 44. The highest BCUT2D eigenvalue weighted by atomic mass is 16.5. The Kier molecular flexibility index (Phi) is 45.2. The van der Waals surface area contributed by atoms with E-state index in [-0.39, 0.29) is 31.3 Å². The van der Waals surface area contributed by atoms with Crippen molar-refractivity contribution in [2.45, 2.75) is 251 Å². The molecule has 0 aromatic rings. The van der Waals surface area contributed by atoms with Gasteiger partial charge in [0.25, 0.3) is 0 Å². The van der Waals surface area contributed by atoms with Crippen LogP contribution in [0.2, 0.25) is 0 Å². The number of amides is 1. The van der Waals surface area contributed by atoms with Gasteiger partial charge in [-0.15, -0.1) is 0 Å². The molecule has 0 aliphatic carbocycles. The maximum absolute atomic E-state index is 13.2. The van der Waals surface area contributed by atoms with E-state index >= 15 is 0 Å². The van der Waals surface area contributed by atoms with Crippen molar-refractivity contribution in [3.05, 3.63) is 72.9 Å². The highest BCUT2D eigenvalue weighted by Crippen LogP contribution is 2.17. The molecule has 1 amide bonds. The molecule has 0 heterocycles. The Labute approximate surface area is 371 Å². The van der Waals surface area contributed by atoms with E-state index in [4.69, 9.17) is 4.74 Å². The fourth-order valence-electron chi connectivity index (χ4n) is 7.28. The van der Waals surface area contributed by atoms with Crippen LogP contribution >= 0.6 is 0 Å². The number of esters is 1. The number of carbonyl (C=O) groups is 2. The van der Waals surface area contributed by atoms with Crippen molar-refractivity contribution >= 4 is 11.9 Å². The monoisotopic (exact) mass is 838 g/mol. The number of allylic oxidation sites excluding steroid dienone is 12. The van der Waals surface area contributed by atoms with Crippen molar-refractivity contribution in [2.24, 2.45) is 0 Å². The topological polar surface area (TPSA) is 95.9 Å². The van der Waals surface area contributed by atoms with E-state index in [1.54, 1.807) is 0 Å². The summed E-state index contributed by atoms with van der Waals surface area (Å²) >= 11 is 0. The summed E-state index contributed by atoms with van der Waals surface area (Å²) < 4.78 is 5.87. The molecule has 6 heteroatoms. The van der Waals surface area contributed by atoms with Crippen molar-refractivity contribution in [3.63, 3.8) is 0 Å². The average molecular weight is 838 g/mol. The summed E-state index contributed by atoms with van der Waals surface area (Å²) in [6, 6.07) is -0.716. The smallest absolute Gasteiger partial charge is 0.306 e. The summed E-state index contributed by atoms with van der Waals surface area (Å²) in [4.78, 5) is 26.0. The van der Waals surface area contributed by atoms with Crippen LogP contribution in [0.3, 0.4) is 0 Å². The first kappa shape index (κ1) is 57.3. The molecule has 0 fully saturated rings. The molecule has 0 radical (unpaired) electrons. The van der Waals surface area contributed by atoms with Gasteiger partial charge in [-0.1, -0.05) is 229 Å². The van der Waals surface area contributed by atoms with Gasteiger partial charge in [0.2, 0.25) is 5.91 Å². The first-order valence-electron chi connectivity index (χ1n) is 25.2. The van der Waals surface area contributed by atoms with Gasteiger partial charge in [0.05, 0.1) is 25.2 Å². The van der Waals surface area contributed by atoms with Crippen molar-refractivity contribution in [3.8, 4) is 0 Å². The molecule has 0 saturated heterocycles. The molecule has 0 spiro atoms. The molecule has 0 aromatic heterocycles. The lowest BCUT2D eigenvalue weighted by atomic mass is 10.0. The van der Waals surface area contributed by atoms with Crippen LogP contribution in [-0.2, 0) is 14.3 Å². The van der Waals surface area contributed by atoms with Gasteiger partial charge in [0.15, 0.2) is 0 Å². The minimum atomic E-state index is -0.800. The lowest BCUT2D eigenvalue weighted by Gasteiger charge is -2.24. The third kappa shape index (κ3) is 42.0. The molecule has 0 saturated carbocycles. The number of hydrogen-bond donors (Lipinski definition) is 3. The fraction of sp³-hybridized carbons (Fsp3) is 0.741. The number of aliphatic hydroxyl groups excluding tert-OH is 2. The molecule has 0 aliphatic rings. The second-order valence-electron chi connectivity index (χ2n) is 16.8. The maximum Gasteiger partial charge on any atom is 0.306 e. The quantitative estimate of drug-likeness (QED) is 0.0323. The molecular weight excluding hydrogens is 743 g/mol. The number of unbranched alkanes of at least 4 members (excludes halogenated alkanes) is 20. The van der Waals surface area contributed by atoms with E-state index in [0.29, 0.717) is 19.3 Å². The van der Waals surface area contributed by atoms with Gasteiger partial charge in [0, 0.05) is 6.42 Å². The van der Waals surface area contributed by atoms with Crippen LogP contribution in [0.1, 0.15) is 233 Å². The van der Waals surface area contributed by atoms with Crippen LogP contribution in [0.15, 0.2) is 72.9 Å². The zero-order valence-corrected chi connectivity index (χ0v) is 39.3.